The van der Waals surface area contributed by atoms with Gasteiger partial charge < -0.3 is 9.47 Å². The molecular formula is C10H14O3. The summed E-state index contributed by atoms with van der Waals surface area (Å²) in [4.78, 5) is 8.95. The maximum absolute atomic E-state index is 8.95. The molecule has 3 heteroatoms. The second-order valence-electron chi connectivity index (χ2n) is 2.08. The van der Waals surface area contributed by atoms with Gasteiger partial charge in [-0.3, -0.25) is 4.79 Å². The number of ether oxygens (including phenoxy) is 2. The van der Waals surface area contributed by atoms with Crippen LogP contribution in [-0.4, -0.2) is 20.2 Å². The Kier molecular flexibility index (Phi) is 7.59. The molecule has 0 aliphatic rings. The van der Waals surface area contributed by atoms with Crippen molar-refractivity contribution in [1.29, 1.82) is 0 Å². The Morgan fingerprint density at radius 2 is 1.85 bits per heavy atom. The molecule has 0 aliphatic heterocycles. The molecule has 0 radical (unpaired) electrons. The van der Waals surface area contributed by atoms with E-state index in [1.807, 2.05) is 37.3 Å². The maximum atomic E-state index is 8.95. The lowest BCUT2D eigenvalue weighted by molar-refractivity contribution is -0.126. The number of methoxy groups -OCH3 is 1. The minimum Gasteiger partial charge on any atom is -0.494 e. The fourth-order valence-corrected chi connectivity index (χ4v) is 0.683. The zero-order valence-corrected chi connectivity index (χ0v) is 7.90. The van der Waals surface area contributed by atoms with Gasteiger partial charge in [0.05, 0.1) is 13.7 Å². The maximum Gasteiger partial charge on any atom is 0.292 e. The minimum absolute atomic E-state index is 0.375. The molecule has 13 heavy (non-hydrogen) atoms. The van der Waals surface area contributed by atoms with Crippen LogP contribution in [0.25, 0.3) is 0 Å². The van der Waals surface area contributed by atoms with E-state index in [1.54, 1.807) is 0 Å². The first kappa shape index (κ1) is 11.5. The molecule has 0 spiro atoms. The second kappa shape index (κ2) is 8.59. The van der Waals surface area contributed by atoms with E-state index < -0.39 is 0 Å². The van der Waals surface area contributed by atoms with Crippen molar-refractivity contribution >= 4 is 6.47 Å². The molecule has 72 valence electrons. The molecule has 1 aromatic rings. The molecular weight excluding hydrogens is 168 g/mol. The third-order valence-electron chi connectivity index (χ3n) is 1.15. The van der Waals surface area contributed by atoms with E-state index >= 15 is 0 Å². The van der Waals surface area contributed by atoms with Gasteiger partial charge in [-0.15, -0.1) is 0 Å². The quantitative estimate of drug-likeness (QED) is 0.669. The Morgan fingerprint density at radius 1 is 1.31 bits per heavy atom. The van der Waals surface area contributed by atoms with Crippen molar-refractivity contribution in [3.05, 3.63) is 30.3 Å². The lowest BCUT2D eigenvalue weighted by atomic mass is 10.3. The standard InChI is InChI=1S/C8H10O.C2H4O2/c1-2-9-8-6-4-3-5-7-8;1-4-2-3/h3-7H,2H2,1H3;2H,1H3. The lowest BCUT2D eigenvalue weighted by Crippen LogP contribution is -1.89. The van der Waals surface area contributed by atoms with E-state index in [1.165, 1.54) is 7.11 Å². The van der Waals surface area contributed by atoms with Crippen LogP contribution in [0.4, 0.5) is 0 Å². The summed E-state index contributed by atoms with van der Waals surface area (Å²) in [5, 5.41) is 0. The highest BCUT2D eigenvalue weighted by atomic mass is 16.5. The van der Waals surface area contributed by atoms with Gasteiger partial charge >= 0.3 is 0 Å². The first-order chi connectivity index (χ1) is 6.35. The first-order valence-electron chi connectivity index (χ1n) is 3.99. The van der Waals surface area contributed by atoms with E-state index in [0.717, 1.165) is 12.4 Å². The fourth-order valence-electron chi connectivity index (χ4n) is 0.683. The molecule has 0 saturated heterocycles. The largest absolute Gasteiger partial charge is 0.494 e. The van der Waals surface area contributed by atoms with Gasteiger partial charge in [-0.1, -0.05) is 18.2 Å². The topological polar surface area (TPSA) is 35.5 Å². The van der Waals surface area contributed by atoms with Crippen LogP contribution in [0.15, 0.2) is 30.3 Å². The van der Waals surface area contributed by atoms with Gasteiger partial charge in [0.15, 0.2) is 0 Å². The highest BCUT2D eigenvalue weighted by Gasteiger charge is 1.83. The van der Waals surface area contributed by atoms with E-state index in [2.05, 4.69) is 4.74 Å². The van der Waals surface area contributed by atoms with Crippen LogP contribution in [-0.2, 0) is 9.53 Å². The molecule has 0 saturated carbocycles. The van der Waals surface area contributed by atoms with E-state index in [0.29, 0.717) is 6.47 Å². The smallest absolute Gasteiger partial charge is 0.292 e. The SMILES string of the molecule is CCOc1ccccc1.COC=O. The molecule has 3 nitrogen and oxygen atoms in total. The average molecular weight is 182 g/mol. The zero-order valence-electron chi connectivity index (χ0n) is 7.90. The first-order valence-corrected chi connectivity index (χ1v) is 3.99. The van der Waals surface area contributed by atoms with Crippen LogP contribution in [0, 0.1) is 0 Å². The summed E-state index contributed by atoms with van der Waals surface area (Å²) in [5.41, 5.74) is 0. The van der Waals surface area contributed by atoms with Crippen molar-refractivity contribution in [2.45, 2.75) is 6.92 Å². The van der Waals surface area contributed by atoms with Gasteiger partial charge in [-0.25, -0.2) is 0 Å². The van der Waals surface area contributed by atoms with Gasteiger partial charge in [0.1, 0.15) is 5.75 Å². The van der Waals surface area contributed by atoms with E-state index in [4.69, 9.17) is 9.53 Å². The van der Waals surface area contributed by atoms with Gasteiger partial charge in [0.25, 0.3) is 6.47 Å². The fraction of sp³-hybridized carbons (Fsp3) is 0.300. The number of benzene rings is 1. The summed E-state index contributed by atoms with van der Waals surface area (Å²) in [5.74, 6) is 0.944. The Balaban J connectivity index is 0.000000310. The van der Waals surface area contributed by atoms with Crippen LogP contribution >= 0.6 is 0 Å². The minimum atomic E-state index is 0.375. The highest BCUT2D eigenvalue weighted by Crippen LogP contribution is 2.06. The Bertz CT molecular complexity index is 209. The highest BCUT2D eigenvalue weighted by molar-refractivity contribution is 5.36. The lowest BCUT2D eigenvalue weighted by Gasteiger charge is -1.99. The molecule has 0 heterocycles. The van der Waals surface area contributed by atoms with Crippen LogP contribution in [0.2, 0.25) is 0 Å². The number of carbonyl (C=O) groups is 1. The van der Waals surface area contributed by atoms with Crippen LogP contribution in [0.1, 0.15) is 6.92 Å². The average Bonchev–Trinajstić information content (AvgIpc) is 2.20. The molecule has 1 rings (SSSR count). The van der Waals surface area contributed by atoms with Gasteiger partial charge in [-0.2, -0.15) is 0 Å². The summed E-state index contributed by atoms with van der Waals surface area (Å²) in [6.45, 7) is 3.09. The normalized spacial score (nSPS) is 7.85. The van der Waals surface area contributed by atoms with Crippen molar-refractivity contribution in [3.63, 3.8) is 0 Å². The number of rotatable bonds is 3. The molecule has 0 aromatic heterocycles. The predicted molar refractivity (Wildman–Crippen MR) is 50.7 cm³/mol. The van der Waals surface area contributed by atoms with Gasteiger partial charge in [0, 0.05) is 0 Å². The molecule has 0 atom stereocenters. The Morgan fingerprint density at radius 3 is 2.23 bits per heavy atom. The van der Waals surface area contributed by atoms with Crippen molar-refractivity contribution in [2.24, 2.45) is 0 Å². The summed E-state index contributed by atoms with van der Waals surface area (Å²) < 4.78 is 9.07. The van der Waals surface area contributed by atoms with Crippen LogP contribution in [0.5, 0.6) is 5.75 Å². The molecule has 1 aromatic carbocycles. The second-order valence-corrected chi connectivity index (χ2v) is 2.08. The summed E-state index contributed by atoms with van der Waals surface area (Å²) in [7, 11) is 1.31. The molecule has 0 aliphatic carbocycles. The summed E-state index contributed by atoms with van der Waals surface area (Å²) in [6.07, 6.45) is 0. The van der Waals surface area contributed by atoms with Crippen LogP contribution in [0.3, 0.4) is 0 Å². The third kappa shape index (κ3) is 6.87. The van der Waals surface area contributed by atoms with Gasteiger partial charge in [-0.05, 0) is 19.1 Å². The molecule has 0 amide bonds. The van der Waals surface area contributed by atoms with E-state index in [-0.39, 0.29) is 0 Å². The van der Waals surface area contributed by atoms with Crippen LogP contribution < -0.4 is 4.74 Å². The molecule has 0 N–H and O–H groups in total. The third-order valence-corrected chi connectivity index (χ3v) is 1.15. The van der Waals surface area contributed by atoms with Crippen molar-refractivity contribution in [2.75, 3.05) is 13.7 Å². The summed E-state index contributed by atoms with van der Waals surface area (Å²) >= 11 is 0. The number of hydrogen-bond acceptors (Lipinski definition) is 3. The Hall–Kier alpha value is -1.51. The summed E-state index contributed by atoms with van der Waals surface area (Å²) in [6, 6.07) is 9.80. The monoisotopic (exact) mass is 182 g/mol. The predicted octanol–water partition coefficient (Wildman–Crippen LogP) is 1.87. The molecule has 0 bridgehead atoms. The van der Waals surface area contributed by atoms with E-state index in [9.17, 15) is 0 Å². The number of para-hydroxylation sites is 1. The molecule has 0 fully saturated rings. The zero-order chi connectivity index (χ0) is 9.94. The van der Waals surface area contributed by atoms with Crippen molar-refractivity contribution < 1.29 is 14.3 Å². The van der Waals surface area contributed by atoms with Crippen molar-refractivity contribution in [3.8, 4) is 5.75 Å². The number of hydrogen-bond donors (Lipinski definition) is 0. The number of carbonyl (C=O) groups excluding carboxylic acids is 1. The Labute approximate surface area is 78.3 Å². The van der Waals surface area contributed by atoms with Gasteiger partial charge in [0.2, 0.25) is 0 Å². The van der Waals surface area contributed by atoms with Crippen molar-refractivity contribution in [1.82, 2.24) is 0 Å². The molecule has 0 unspecified atom stereocenters.